The zero-order valence-corrected chi connectivity index (χ0v) is 20.6. The van der Waals surface area contributed by atoms with Crippen molar-refractivity contribution in [1.82, 2.24) is 14.8 Å². The third-order valence-electron chi connectivity index (χ3n) is 7.52. The fourth-order valence-electron chi connectivity index (χ4n) is 5.33. The first-order valence-electron chi connectivity index (χ1n) is 12.7. The van der Waals surface area contributed by atoms with Crippen LogP contribution in [0.5, 0.6) is 0 Å². The minimum atomic E-state index is -0.950. The van der Waals surface area contributed by atoms with Crippen LogP contribution in [-0.2, 0) is 9.59 Å². The number of fused-ring (bicyclic) bond motifs is 1. The molecule has 0 spiro atoms. The van der Waals surface area contributed by atoms with Crippen LogP contribution >= 0.6 is 0 Å². The Bertz CT molecular complexity index is 1410. The molecule has 0 N–H and O–H groups in total. The van der Waals surface area contributed by atoms with Gasteiger partial charge in [-0.05, 0) is 80.5 Å². The van der Waals surface area contributed by atoms with E-state index in [1.807, 2.05) is 41.3 Å². The Hall–Kier alpha value is -3.61. The summed E-state index contributed by atoms with van der Waals surface area (Å²) in [6.45, 7) is 5.34. The van der Waals surface area contributed by atoms with Gasteiger partial charge < -0.3 is 4.90 Å². The third-order valence-corrected chi connectivity index (χ3v) is 7.52. The van der Waals surface area contributed by atoms with Gasteiger partial charge in [0.25, 0.3) is 5.91 Å². The summed E-state index contributed by atoms with van der Waals surface area (Å²) in [4.78, 5) is 38.3. The highest BCUT2D eigenvalue weighted by Crippen LogP contribution is 2.34. The van der Waals surface area contributed by atoms with Crippen molar-refractivity contribution in [3.63, 3.8) is 0 Å². The minimum Gasteiger partial charge on any atom is -0.342 e. The molecule has 2 fully saturated rings. The number of benzene rings is 2. The molecule has 1 unspecified atom stereocenters. The Morgan fingerprint density at radius 3 is 2.64 bits per heavy atom. The van der Waals surface area contributed by atoms with Crippen molar-refractivity contribution in [3.05, 3.63) is 66.1 Å². The molecule has 184 valence electrons. The molecule has 2 aromatic carbocycles. The molecule has 36 heavy (non-hydrogen) atoms. The lowest BCUT2D eigenvalue weighted by atomic mass is 10.0. The fraction of sp³-hybridized carbons (Fsp3) is 0.379. The molecule has 1 aromatic heterocycles. The van der Waals surface area contributed by atoms with Gasteiger partial charge >= 0.3 is 0 Å². The Morgan fingerprint density at radius 1 is 1.08 bits per heavy atom. The van der Waals surface area contributed by atoms with Crippen LogP contribution in [0.1, 0.15) is 38.7 Å². The predicted molar refractivity (Wildman–Crippen MR) is 137 cm³/mol. The van der Waals surface area contributed by atoms with Crippen molar-refractivity contribution >= 4 is 28.6 Å². The second-order valence-electron chi connectivity index (χ2n) is 10.7. The lowest BCUT2D eigenvalue weighted by molar-refractivity contribution is -0.131. The highest BCUT2D eigenvalue weighted by atomic mass is 19.1. The topological polar surface area (TPSA) is 65.9 Å². The number of rotatable bonds is 5. The van der Waals surface area contributed by atoms with Gasteiger partial charge in [-0.3, -0.25) is 24.5 Å². The average Bonchev–Trinajstić information content (AvgIpc) is 3.58. The third kappa shape index (κ3) is 4.06. The molecule has 0 bridgehead atoms. The second kappa shape index (κ2) is 8.50. The largest absolute Gasteiger partial charge is 0.342 e. The first-order chi connectivity index (χ1) is 17.3. The molecular weight excluding hydrogens is 455 g/mol. The van der Waals surface area contributed by atoms with E-state index in [-0.39, 0.29) is 23.7 Å². The molecule has 1 aliphatic carbocycles. The van der Waals surface area contributed by atoms with Gasteiger partial charge in [0.15, 0.2) is 0 Å². The van der Waals surface area contributed by atoms with Crippen LogP contribution in [0.15, 0.2) is 59.7 Å². The summed E-state index contributed by atoms with van der Waals surface area (Å²) in [6, 6.07) is 14.8. The Labute approximate surface area is 209 Å². The molecule has 3 aromatic rings. The number of amidine groups is 1. The number of pyridine rings is 1. The molecule has 7 heteroatoms. The van der Waals surface area contributed by atoms with Crippen molar-refractivity contribution < 1.29 is 14.0 Å². The summed E-state index contributed by atoms with van der Waals surface area (Å²) >= 11 is 0. The molecule has 2 aliphatic heterocycles. The summed E-state index contributed by atoms with van der Waals surface area (Å²) in [5.41, 5.74) is 1.91. The van der Waals surface area contributed by atoms with Gasteiger partial charge in [0, 0.05) is 37.1 Å². The molecule has 2 amide bonds. The number of aliphatic imine (C=N–C) groups is 1. The molecule has 1 saturated carbocycles. The number of carbonyl (C=O) groups is 2. The zero-order valence-electron chi connectivity index (χ0n) is 20.6. The molecular formula is C29H29FN4O2. The van der Waals surface area contributed by atoms with Gasteiger partial charge in [0.2, 0.25) is 5.91 Å². The Balaban J connectivity index is 1.26. The van der Waals surface area contributed by atoms with Gasteiger partial charge in [0.1, 0.15) is 17.2 Å². The number of aromatic nitrogens is 1. The molecule has 3 heterocycles. The number of nitrogens with zero attached hydrogens (tertiary/aromatic N) is 4. The lowest BCUT2D eigenvalue weighted by Crippen LogP contribution is -2.43. The predicted octanol–water partition coefficient (Wildman–Crippen LogP) is 4.67. The van der Waals surface area contributed by atoms with E-state index in [4.69, 9.17) is 0 Å². The highest BCUT2D eigenvalue weighted by molar-refractivity contribution is 6.15. The minimum absolute atomic E-state index is 0.130. The van der Waals surface area contributed by atoms with E-state index < -0.39 is 11.4 Å². The maximum atomic E-state index is 15.5. The molecule has 6 nitrogen and oxygen atoms in total. The van der Waals surface area contributed by atoms with Gasteiger partial charge in [-0.25, -0.2) is 4.39 Å². The van der Waals surface area contributed by atoms with Crippen molar-refractivity contribution in [2.24, 2.45) is 16.8 Å². The van der Waals surface area contributed by atoms with Crippen LogP contribution in [0.25, 0.3) is 22.0 Å². The maximum Gasteiger partial charge on any atom is 0.255 e. The van der Waals surface area contributed by atoms with Crippen LogP contribution in [-0.4, -0.2) is 57.6 Å². The van der Waals surface area contributed by atoms with Crippen LogP contribution in [0.4, 0.5) is 4.39 Å². The quantitative estimate of drug-likeness (QED) is 0.529. The summed E-state index contributed by atoms with van der Waals surface area (Å²) in [7, 11) is 0. The average molecular weight is 485 g/mol. The van der Waals surface area contributed by atoms with E-state index in [1.165, 1.54) is 6.07 Å². The Kier molecular flexibility index (Phi) is 5.39. The molecule has 1 atom stereocenters. The molecule has 0 radical (unpaired) electrons. The normalized spacial score (nSPS) is 21.4. The number of halogens is 1. The van der Waals surface area contributed by atoms with Crippen molar-refractivity contribution in [3.8, 4) is 11.1 Å². The van der Waals surface area contributed by atoms with Crippen LogP contribution < -0.4 is 0 Å². The highest BCUT2D eigenvalue weighted by Gasteiger charge is 2.44. The molecule has 3 aliphatic rings. The summed E-state index contributed by atoms with van der Waals surface area (Å²) in [6.07, 6.45) is 4.57. The lowest BCUT2D eigenvalue weighted by Gasteiger charge is -2.25. The maximum absolute atomic E-state index is 15.5. The standard InChI is InChI=1S/C29H29FN4O2/c1-29(2)28(36)34(17-18-11-13-33(16-18)27(35)19-5-6-19)26(32-29)23-9-7-21(15-24(23)30)20-8-10-25-22(14-20)4-3-12-31-25/h3-4,7-10,12,14-15,18-19H,5-6,11,13,16-17H2,1-2H3. The van der Waals surface area contributed by atoms with Crippen molar-refractivity contribution in [2.75, 3.05) is 19.6 Å². The summed E-state index contributed by atoms with van der Waals surface area (Å²) in [5, 5.41) is 0.990. The molecule has 6 rings (SSSR count). The van der Waals surface area contributed by atoms with Gasteiger partial charge in [0.05, 0.1) is 11.1 Å². The number of carbonyl (C=O) groups excluding carboxylic acids is 2. The first kappa shape index (κ1) is 22.8. The van der Waals surface area contributed by atoms with Gasteiger partial charge in [-0.1, -0.05) is 18.2 Å². The van der Waals surface area contributed by atoms with Crippen LogP contribution in [0, 0.1) is 17.7 Å². The number of hydrogen-bond donors (Lipinski definition) is 0. The Morgan fingerprint density at radius 2 is 1.86 bits per heavy atom. The zero-order chi connectivity index (χ0) is 25.0. The van der Waals surface area contributed by atoms with Crippen molar-refractivity contribution in [1.29, 1.82) is 0 Å². The van der Waals surface area contributed by atoms with E-state index in [1.54, 1.807) is 31.0 Å². The van der Waals surface area contributed by atoms with E-state index in [9.17, 15) is 9.59 Å². The van der Waals surface area contributed by atoms with Crippen LogP contribution in [0.3, 0.4) is 0 Å². The number of hydrogen-bond acceptors (Lipinski definition) is 4. The summed E-state index contributed by atoms with van der Waals surface area (Å²) < 4.78 is 15.5. The van der Waals surface area contributed by atoms with E-state index in [0.717, 1.165) is 47.8 Å². The first-order valence-corrected chi connectivity index (χ1v) is 12.7. The smallest absolute Gasteiger partial charge is 0.255 e. The van der Waals surface area contributed by atoms with E-state index >= 15 is 4.39 Å². The van der Waals surface area contributed by atoms with E-state index in [2.05, 4.69) is 9.98 Å². The van der Waals surface area contributed by atoms with Crippen LogP contribution in [0.2, 0.25) is 0 Å². The number of amides is 2. The number of likely N-dealkylation sites (tertiary alicyclic amines) is 1. The van der Waals surface area contributed by atoms with Crippen molar-refractivity contribution in [2.45, 2.75) is 38.6 Å². The SMILES string of the molecule is CC1(C)N=C(c2ccc(-c3ccc4ncccc4c3)cc2F)N(CC2CCN(C(=O)C3CC3)C2)C1=O. The van der Waals surface area contributed by atoms with E-state index in [0.29, 0.717) is 24.5 Å². The van der Waals surface area contributed by atoms with Gasteiger partial charge in [-0.2, -0.15) is 0 Å². The van der Waals surface area contributed by atoms with Gasteiger partial charge in [-0.15, -0.1) is 0 Å². The fourth-order valence-corrected chi connectivity index (χ4v) is 5.33. The monoisotopic (exact) mass is 484 g/mol. The summed E-state index contributed by atoms with van der Waals surface area (Å²) in [5.74, 6) is 0.429. The molecule has 1 saturated heterocycles. The second-order valence-corrected chi connectivity index (χ2v) is 10.7.